The number of hydrogen-bond donors (Lipinski definition) is 2. The van der Waals surface area contributed by atoms with Crippen LogP contribution in [0, 0.1) is 6.92 Å². The zero-order valence-electron chi connectivity index (χ0n) is 12.2. The molecular weight excluding hydrogens is 290 g/mol. The number of aryl methyl sites for hydroxylation is 1. The number of carboxylic acid groups (broad SMARTS) is 1. The topological polar surface area (TPSA) is 62.5 Å². The molecule has 2 N–H and O–H groups in total. The fraction of sp³-hybridized carbons (Fsp3) is 0.312. The maximum atomic E-state index is 11.4. The van der Waals surface area contributed by atoms with E-state index >= 15 is 0 Å². The fourth-order valence-electron chi connectivity index (χ4n) is 2.47. The average Bonchev–Trinajstić information content (AvgIpc) is 2.82. The van der Waals surface area contributed by atoms with Crippen molar-refractivity contribution in [3.63, 3.8) is 0 Å². The summed E-state index contributed by atoms with van der Waals surface area (Å²) in [5.74, 6) is -1.05. The van der Waals surface area contributed by atoms with Gasteiger partial charge < -0.3 is 14.8 Å². The van der Waals surface area contributed by atoms with Crippen LogP contribution in [0.15, 0.2) is 30.5 Å². The number of carbonyl (C=O) groups is 1. The van der Waals surface area contributed by atoms with Crippen molar-refractivity contribution in [1.82, 2.24) is 4.57 Å². The molecule has 112 valence electrons. The van der Waals surface area contributed by atoms with Crippen molar-refractivity contribution in [2.45, 2.75) is 32.9 Å². The summed E-state index contributed by atoms with van der Waals surface area (Å²) in [4.78, 5) is 11.4. The van der Waals surface area contributed by atoms with Gasteiger partial charge in [0.25, 0.3) is 0 Å². The van der Waals surface area contributed by atoms with Gasteiger partial charge in [-0.15, -0.1) is 0 Å². The molecule has 0 saturated heterocycles. The van der Waals surface area contributed by atoms with Crippen molar-refractivity contribution in [3.05, 3.63) is 57.9 Å². The van der Waals surface area contributed by atoms with Gasteiger partial charge >= 0.3 is 5.97 Å². The molecule has 1 heterocycles. The van der Waals surface area contributed by atoms with E-state index in [1.165, 1.54) is 6.07 Å². The third-order valence-electron chi connectivity index (χ3n) is 3.53. The highest BCUT2D eigenvalue weighted by Gasteiger charge is 2.25. The third kappa shape index (κ3) is 2.96. The lowest BCUT2D eigenvalue weighted by Crippen LogP contribution is -2.15. The zero-order chi connectivity index (χ0) is 15.7. The number of rotatable bonds is 4. The summed E-state index contributed by atoms with van der Waals surface area (Å²) < 4.78 is 1.78. The molecule has 1 aromatic carbocycles. The van der Waals surface area contributed by atoms with Crippen molar-refractivity contribution < 1.29 is 15.0 Å². The smallest absolute Gasteiger partial charge is 0.337 e. The lowest BCUT2D eigenvalue weighted by molar-refractivity contribution is 0.0690. The molecule has 0 spiro atoms. The van der Waals surface area contributed by atoms with Gasteiger partial charge in [-0.2, -0.15) is 0 Å². The molecule has 1 atom stereocenters. The normalized spacial score (nSPS) is 12.7. The number of carboxylic acids is 1. The molecule has 0 aliphatic rings. The first-order valence-corrected chi connectivity index (χ1v) is 7.08. The van der Waals surface area contributed by atoms with Crippen molar-refractivity contribution >= 4 is 17.6 Å². The number of aromatic nitrogens is 1. The molecule has 0 radical (unpaired) electrons. The quantitative estimate of drug-likeness (QED) is 0.903. The van der Waals surface area contributed by atoms with Gasteiger partial charge in [-0.25, -0.2) is 4.79 Å². The van der Waals surface area contributed by atoms with Crippen LogP contribution in [0.25, 0.3) is 0 Å². The SMILES string of the molecule is Cc1cc(Cl)ccc1C(O)c1c(C(=O)O)ccn1C(C)C. The Hall–Kier alpha value is -1.78. The summed E-state index contributed by atoms with van der Waals surface area (Å²) in [5, 5.41) is 20.6. The van der Waals surface area contributed by atoms with Gasteiger partial charge in [0, 0.05) is 17.3 Å². The van der Waals surface area contributed by atoms with Crippen LogP contribution >= 0.6 is 11.6 Å². The molecular formula is C16H18ClNO3. The van der Waals surface area contributed by atoms with Gasteiger partial charge in [0.2, 0.25) is 0 Å². The van der Waals surface area contributed by atoms with Crippen LogP contribution in [-0.2, 0) is 0 Å². The molecule has 2 aromatic rings. The molecule has 0 aliphatic heterocycles. The van der Waals surface area contributed by atoms with E-state index in [9.17, 15) is 15.0 Å². The summed E-state index contributed by atoms with van der Waals surface area (Å²) in [6.45, 7) is 5.72. The number of aliphatic hydroxyl groups is 1. The molecule has 0 amide bonds. The minimum atomic E-state index is -1.05. The van der Waals surface area contributed by atoms with Crippen LogP contribution < -0.4 is 0 Å². The maximum absolute atomic E-state index is 11.4. The summed E-state index contributed by atoms with van der Waals surface area (Å²) in [5.41, 5.74) is 1.99. The molecule has 0 aliphatic carbocycles. The van der Waals surface area contributed by atoms with Crippen LogP contribution in [0.1, 0.15) is 53.2 Å². The summed E-state index contributed by atoms with van der Waals surface area (Å²) in [7, 11) is 0. The average molecular weight is 308 g/mol. The largest absolute Gasteiger partial charge is 0.478 e. The maximum Gasteiger partial charge on any atom is 0.337 e. The van der Waals surface area contributed by atoms with Gasteiger partial charge in [-0.1, -0.05) is 17.7 Å². The molecule has 21 heavy (non-hydrogen) atoms. The number of nitrogens with zero attached hydrogens (tertiary/aromatic N) is 1. The van der Waals surface area contributed by atoms with Gasteiger partial charge in [-0.05, 0) is 50.1 Å². The highest BCUT2D eigenvalue weighted by atomic mass is 35.5. The van der Waals surface area contributed by atoms with Crippen LogP contribution in [0.3, 0.4) is 0 Å². The van der Waals surface area contributed by atoms with E-state index < -0.39 is 12.1 Å². The number of aliphatic hydroxyl groups excluding tert-OH is 1. The highest BCUT2D eigenvalue weighted by Crippen LogP contribution is 2.31. The molecule has 0 fully saturated rings. The Morgan fingerprint density at radius 1 is 1.29 bits per heavy atom. The summed E-state index contributed by atoms with van der Waals surface area (Å²) in [6, 6.07) is 6.74. The van der Waals surface area contributed by atoms with Crippen molar-refractivity contribution in [1.29, 1.82) is 0 Å². The second kappa shape index (κ2) is 5.92. The molecule has 0 saturated carbocycles. The number of aromatic carboxylic acids is 1. The van der Waals surface area contributed by atoms with E-state index in [1.807, 2.05) is 20.8 Å². The van der Waals surface area contributed by atoms with Gasteiger partial charge in [0.05, 0.1) is 11.3 Å². The van der Waals surface area contributed by atoms with Crippen LogP contribution in [0.2, 0.25) is 5.02 Å². The molecule has 2 rings (SSSR count). The molecule has 5 heteroatoms. The second-order valence-corrected chi connectivity index (χ2v) is 5.76. The van der Waals surface area contributed by atoms with Gasteiger partial charge in [-0.3, -0.25) is 0 Å². The van der Waals surface area contributed by atoms with Crippen molar-refractivity contribution in [2.24, 2.45) is 0 Å². The standard InChI is InChI=1S/C16H18ClNO3/c1-9(2)18-7-6-13(16(20)21)14(18)15(19)12-5-4-11(17)8-10(12)3/h4-9,15,19H,1-3H3,(H,20,21). The van der Waals surface area contributed by atoms with E-state index in [2.05, 4.69) is 0 Å². The monoisotopic (exact) mass is 307 g/mol. The molecule has 0 bridgehead atoms. The number of benzene rings is 1. The third-order valence-corrected chi connectivity index (χ3v) is 3.76. The highest BCUT2D eigenvalue weighted by molar-refractivity contribution is 6.30. The molecule has 4 nitrogen and oxygen atoms in total. The Morgan fingerprint density at radius 3 is 2.48 bits per heavy atom. The number of hydrogen-bond acceptors (Lipinski definition) is 2. The zero-order valence-corrected chi connectivity index (χ0v) is 12.9. The number of halogens is 1. The van der Waals surface area contributed by atoms with Crippen LogP contribution in [-0.4, -0.2) is 20.7 Å². The van der Waals surface area contributed by atoms with E-state index in [4.69, 9.17) is 11.6 Å². The first kappa shape index (κ1) is 15.6. The minimum Gasteiger partial charge on any atom is -0.478 e. The van der Waals surface area contributed by atoms with Crippen LogP contribution in [0.5, 0.6) is 0 Å². The first-order chi connectivity index (χ1) is 9.82. The Labute approximate surface area is 128 Å². The van der Waals surface area contributed by atoms with Crippen molar-refractivity contribution in [2.75, 3.05) is 0 Å². The molecule has 1 unspecified atom stereocenters. The van der Waals surface area contributed by atoms with Crippen molar-refractivity contribution in [3.8, 4) is 0 Å². The van der Waals surface area contributed by atoms with E-state index in [-0.39, 0.29) is 11.6 Å². The predicted molar refractivity (Wildman–Crippen MR) is 82.0 cm³/mol. The lowest BCUT2D eigenvalue weighted by Gasteiger charge is -2.20. The Bertz CT molecular complexity index is 676. The minimum absolute atomic E-state index is 0.0513. The Balaban J connectivity index is 2.58. The fourth-order valence-corrected chi connectivity index (χ4v) is 2.70. The first-order valence-electron chi connectivity index (χ1n) is 6.71. The van der Waals surface area contributed by atoms with Gasteiger partial charge in [0.15, 0.2) is 0 Å². The van der Waals surface area contributed by atoms with E-state index in [1.54, 1.807) is 29.0 Å². The predicted octanol–water partition coefficient (Wildman–Crippen LogP) is 3.81. The Kier molecular flexibility index (Phi) is 4.40. The second-order valence-electron chi connectivity index (χ2n) is 5.32. The van der Waals surface area contributed by atoms with E-state index in [0.29, 0.717) is 16.3 Å². The van der Waals surface area contributed by atoms with Gasteiger partial charge in [0.1, 0.15) is 6.10 Å². The Morgan fingerprint density at radius 2 is 1.95 bits per heavy atom. The van der Waals surface area contributed by atoms with Crippen LogP contribution in [0.4, 0.5) is 0 Å². The molecule has 1 aromatic heterocycles. The van der Waals surface area contributed by atoms with E-state index in [0.717, 1.165) is 5.56 Å². The lowest BCUT2D eigenvalue weighted by atomic mass is 9.98. The summed E-state index contributed by atoms with van der Waals surface area (Å²) >= 11 is 5.93. The summed E-state index contributed by atoms with van der Waals surface area (Å²) in [6.07, 6.45) is 0.684.